The van der Waals surface area contributed by atoms with Crippen LogP contribution in [-0.2, 0) is 4.79 Å². The molecule has 2 saturated heterocycles. The van der Waals surface area contributed by atoms with Crippen molar-refractivity contribution in [2.24, 2.45) is 22.6 Å². The Bertz CT molecular complexity index is 593. The highest BCUT2D eigenvalue weighted by molar-refractivity contribution is 5.80. The van der Waals surface area contributed by atoms with E-state index in [0.717, 1.165) is 19.0 Å². The number of nitrogens with two attached hydrogens (primary N) is 1. The van der Waals surface area contributed by atoms with Gasteiger partial charge in [-0.3, -0.25) is 9.79 Å². The molecule has 2 atom stereocenters. The van der Waals surface area contributed by atoms with Crippen molar-refractivity contribution in [1.82, 2.24) is 9.80 Å². The molecule has 130 valence electrons. The van der Waals surface area contributed by atoms with E-state index in [1.54, 1.807) is 0 Å². The van der Waals surface area contributed by atoms with Crippen LogP contribution in [0.5, 0.6) is 0 Å². The second kappa shape index (κ2) is 7.24. The number of nitrogens with zero attached hydrogens (tertiary/aromatic N) is 3. The maximum atomic E-state index is 12.2. The quantitative estimate of drug-likeness (QED) is 0.684. The zero-order valence-corrected chi connectivity index (χ0v) is 14.7. The number of hydrogen-bond donors (Lipinski definition) is 1. The summed E-state index contributed by atoms with van der Waals surface area (Å²) in [5, 5.41) is 0. The van der Waals surface area contributed by atoms with E-state index < -0.39 is 0 Å². The van der Waals surface area contributed by atoms with Gasteiger partial charge >= 0.3 is 0 Å². The minimum Gasteiger partial charge on any atom is -0.370 e. The van der Waals surface area contributed by atoms with Crippen LogP contribution in [0.4, 0.5) is 0 Å². The number of hydrogen-bond acceptors (Lipinski definition) is 2. The van der Waals surface area contributed by atoms with Crippen LogP contribution in [0.15, 0.2) is 35.3 Å². The molecule has 0 radical (unpaired) electrons. The van der Waals surface area contributed by atoms with Crippen molar-refractivity contribution in [3.05, 3.63) is 35.9 Å². The molecule has 0 aliphatic carbocycles. The van der Waals surface area contributed by atoms with Crippen LogP contribution >= 0.6 is 0 Å². The highest BCUT2D eigenvalue weighted by Crippen LogP contribution is 2.37. The van der Waals surface area contributed by atoms with Crippen LogP contribution in [0.3, 0.4) is 0 Å². The van der Waals surface area contributed by atoms with Gasteiger partial charge in [-0.05, 0) is 24.3 Å². The second-order valence-corrected chi connectivity index (χ2v) is 7.19. The molecule has 1 aromatic carbocycles. The predicted octanol–water partition coefficient (Wildman–Crippen LogP) is 2.25. The van der Waals surface area contributed by atoms with Crippen LogP contribution in [0.2, 0.25) is 0 Å². The fourth-order valence-corrected chi connectivity index (χ4v) is 3.81. The zero-order chi connectivity index (χ0) is 17.1. The number of rotatable bonds is 3. The third-order valence-corrected chi connectivity index (χ3v) is 5.43. The maximum Gasteiger partial charge on any atom is 0.223 e. The first-order chi connectivity index (χ1) is 11.6. The molecule has 1 amide bonds. The first-order valence-electron chi connectivity index (χ1n) is 8.91. The van der Waals surface area contributed by atoms with Crippen molar-refractivity contribution >= 4 is 11.9 Å². The molecule has 2 aliphatic heterocycles. The number of guanidine groups is 1. The average Bonchev–Trinajstić information content (AvgIpc) is 2.88. The van der Waals surface area contributed by atoms with E-state index in [-0.39, 0.29) is 17.9 Å². The number of carbonyl (C=O) groups excluding carboxylic acids is 1. The zero-order valence-electron chi connectivity index (χ0n) is 14.7. The highest BCUT2D eigenvalue weighted by Gasteiger charge is 2.38. The van der Waals surface area contributed by atoms with Crippen LogP contribution in [0.25, 0.3) is 0 Å². The molecule has 0 bridgehead atoms. The predicted molar refractivity (Wildman–Crippen MR) is 96.5 cm³/mol. The number of benzene rings is 1. The van der Waals surface area contributed by atoms with E-state index in [2.05, 4.69) is 28.9 Å². The van der Waals surface area contributed by atoms with Crippen molar-refractivity contribution in [2.75, 3.05) is 26.7 Å². The number of carbonyl (C=O) groups is 1. The highest BCUT2D eigenvalue weighted by atomic mass is 16.2. The summed E-state index contributed by atoms with van der Waals surface area (Å²) in [7, 11) is 1.89. The lowest BCUT2D eigenvalue weighted by Gasteiger charge is -2.31. The summed E-state index contributed by atoms with van der Waals surface area (Å²) >= 11 is 0. The van der Waals surface area contributed by atoms with Gasteiger partial charge in [-0.25, -0.2) is 0 Å². The molecule has 5 nitrogen and oxygen atoms in total. The summed E-state index contributed by atoms with van der Waals surface area (Å²) in [5.41, 5.74) is 7.38. The fourth-order valence-electron chi connectivity index (χ4n) is 3.81. The number of likely N-dealkylation sites (tertiary alicyclic amines) is 2. The van der Waals surface area contributed by atoms with E-state index in [1.807, 2.05) is 30.1 Å². The van der Waals surface area contributed by atoms with Crippen LogP contribution in [0.1, 0.15) is 37.8 Å². The largest absolute Gasteiger partial charge is 0.370 e. The van der Waals surface area contributed by atoms with E-state index in [9.17, 15) is 4.79 Å². The number of amides is 1. The molecule has 0 aromatic heterocycles. The molecule has 1 aromatic rings. The lowest BCUT2D eigenvalue weighted by Crippen LogP contribution is -2.42. The fraction of sp³-hybridized carbons (Fsp3) is 0.579. The number of piperidine rings is 1. The van der Waals surface area contributed by atoms with Gasteiger partial charge in [-0.2, -0.15) is 0 Å². The lowest BCUT2D eigenvalue weighted by molar-refractivity contribution is -0.127. The molecule has 0 spiro atoms. The molecular formula is C19H28N4O. The molecule has 0 saturated carbocycles. The summed E-state index contributed by atoms with van der Waals surface area (Å²) in [5.74, 6) is 1.79. The first-order valence-corrected chi connectivity index (χ1v) is 8.91. The monoisotopic (exact) mass is 328 g/mol. The standard InChI is InChI=1S/C19H28N4O/c1-14-8-10-23(11-9-14)19(20)21-13-16-12-17(24)22(2)18(16)15-6-4-3-5-7-15/h3-7,14,16,18H,8-13H2,1-2H3,(H2,20,21). The van der Waals surface area contributed by atoms with Crippen molar-refractivity contribution in [1.29, 1.82) is 0 Å². The Hall–Kier alpha value is -2.04. The smallest absolute Gasteiger partial charge is 0.223 e. The third kappa shape index (κ3) is 3.55. The van der Waals surface area contributed by atoms with Crippen LogP contribution in [-0.4, -0.2) is 48.3 Å². The maximum absolute atomic E-state index is 12.2. The van der Waals surface area contributed by atoms with Crippen molar-refractivity contribution in [3.63, 3.8) is 0 Å². The Morgan fingerprint density at radius 3 is 2.58 bits per heavy atom. The SMILES string of the molecule is CC1CCN(C(N)=NCC2CC(=O)N(C)C2c2ccccc2)CC1. The van der Waals surface area contributed by atoms with Gasteiger partial charge in [0.2, 0.25) is 5.91 Å². The summed E-state index contributed by atoms with van der Waals surface area (Å²) in [6.07, 6.45) is 2.89. The Labute approximate surface area is 144 Å². The summed E-state index contributed by atoms with van der Waals surface area (Å²) < 4.78 is 0. The molecule has 2 fully saturated rings. The molecule has 24 heavy (non-hydrogen) atoms. The van der Waals surface area contributed by atoms with E-state index in [1.165, 1.54) is 18.4 Å². The normalized spacial score (nSPS) is 26.2. The van der Waals surface area contributed by atoms with Gasteiger partial charge in [-0.1, -0.05) is 37.3 Å². The Morgan fingerprint density at radius 1 is 1.25 bits per heavy atom. The molecular weight excluding hydrogens is 300 g/mol. The van der Waals surface area contributed by atoms with Gasteiger partial charge < -0.3 is 15.5 Å². The Balaban J connectivity index is 1.68. The third-order valence-electron chi connectivity index (χ3n) is 5.43. The lowest BCUT2D eigenvalue weighted by atomic mass is 9.94. The molecule has 2 N–H and O–H groups in total. The van der Waals surface area contributed by atoms with Gasteiger partial charge in [0.05, 0.1) is 6.04 Å². The van der Waals surface area contributed by atoms with Gasteiger partial charge in [0.15, 0.2) is 5.96 Å². The molecule has 3 rings (SSSR count). The van der Waals surface area contributed by atoms with Crippen molar-refractivity contribution in [2.45, 2.75) is 32.2 Å². The minimum atomic E-state index is 0.0941. The summed E-state index contributed by atoms with van der Waals surface area (Å²) in [4.78, 5) is 20.9. The molecule has 2 aliphatic rings. The van der Waals surface area contributed by atoms with Gasteiger partial charge in [0.1, 0.15) is 0 Å². The molecule has 2 heterocycles. The molecule has 5 heteroatoms. The van der Waals surface area contributed by atoms with Gasteiger partial charge in [0, 0.05) is 39.0 Å². The van der Waals surface area contributed by atoms with E-state index >= 15 is 0 Å². The summed E-state index contributed by atoms with van der Waals surface area (Å²) in [6.45, 7) is 4.87. The van der Waals surface area contributed by atoms with Gasteiger partial charge in [0.25, 0.3) is 0 Å². The van der Waals surface area contributed by atoms with Crippen molar-refractivity contribution < 1.29 is 4.79 Å². The number of aliphatic imine (C=N–C) groups is 1. The summed E-state index contributed by atoms with van der Waals surface area (Å²) in [6, 6.07) is 10.3. The van der Waals surface area contributed by atoms with E-state index in [0.29, 0.717) is 18.9 Å². The second-order valence-electron chi connectivity index (χ2n) is 7.19. The Morgan fingerprint density at radius 2 is 1.92 bits per heavy atom. The molecule has 2 unspecified atom stereocenters. The van der Waals surface area contributed by atoms with E-state index in [4.69, 9.17) is 5.73 Å². The van der Waals surface area contributed by atoms with Gasteiger partial charge in [-0.15, -0.1) is 0 Å². The topological polar surface area (TPSA) is 61.9 Å². The average molecular weight is 328 g/mol. The first kappa shape index (κ1) is 16.8. The van der Waals surface area contributed by atoms with Crippen LogP contribution < -0.4 is 5.73 Å². The Kier molecular flexibility index (Phi) is 5.07. The minimum absolute atomic E-state index is 0.0941. The van der Waals surface area contributed by atoms with Crippen molar-refractivity contribution in [3.8, 4) is 0 Å². The van der Waals surface area contributed by atoms with Crippen LogP contribution in [0, 0.1) is 11.8 Å².